The van der Waals surface area contributed by atoms with E-state index in [1.54, 1.807) is 12.1 Å². The van der Waals surface area contributed by atoms with Crippen molar-refractivity contribution in [3.05, 3.63) is 65.9 Å². The van der Waals surface area contributed by atoms with Crippen LogP contribution < -0.4 is 19.7 Å². The molecule has 10 nitrogen and oxygen atoms in total. The van der Waals surface area contributed by atoms with Crippen molar-refractivity contribution in [2.75, 3.05) is 24.3 Å². The molecule has 2 heterocycles. The van der Waals surface area contributed by atoms with Crippen LogP contribution in [0.5, 0.6) is 11.5 Å². The molecule has 0 saturated carbocycles. The van der Waals surface area contributed by atoms with E-state index in [0.29, 0.717) is 5.69 Å². The molecule has 0 aliphatic carbocycles. The van der Waals surface area contributed by atoms with Crippen molar-refractivity contribution in [1.29, 1.82) is 0 Å². The topological polar surface area (TPSA) is 115 Å². The SMILES string of the molecule is CN(C)c1ccc(-c2ccc3nc(NC(=O)c4ccc(C(C)(C)C)c(OC(=O)C(F)(F)F)c4OC(=O)C(F)(F)F)cn3n2)cc1. The van der Waals surface area contributed by atoms with Crippen LogP contribution in [0.1, 0.15) is 36.7 Å². The lowest BCUT2D eigenvalue weighted by Gasteiger charge is -2.25. The van der Waals surface area contributed by atoms with Crippen LogP contribution in [-0.2, 0) is 15.0 Å². The van der Waals surface area contributed by atoms with Gasteiger partial charge in [-0.25, -0.2) is 19.1 Å². The summed E-state index contributed by atoms with van der Waals surface area (Å²) in [6, 6.07) is 12.7. The molecule has 45 heavy (non-hydrogen) atoms. The number of nitrogens with zero attached hydrogens (tertiary/aromatic N) is 4. The van der Waals surface area contributed by atoms with Crippen LogP contribution >= 0.6 is 0 Å². The molecule has 0 saturated heterocycles. The third kappa shape index (κ3) is 7.33. The molecule has 16 heteroatoms. The van der Waals surface area contributed by atoms with Crippen LogP contribution in [0.15, 0.2) is 54.7 Å². The Bertz CT molecular complexity index is 1770. The maximum Gasteiger partial charge on any atom is 0.491 e. The number of carbonyl (C=O) groups is 3. The predicted molar refractivity (Wildman–Crippen MR) is 149 cm³/mol. The van der Waals surface area contributed by atoms with Gasteiger partial charge in [-0.3, -0.25) is 4.79 Å². The van der Waals surface area contributed by atoms with Crippen molar-refractivity contribution in [2.24, 2.45) is 0 Å². The van der Waals surface area contributed by atoms with E-state index in [0.717, 1.165) is 23.4 Å². The molecule has 1 N–H and O–H groups in total. The Balaban J connectivity index is 1.75. The Labute approximate surface area is 251 Å². The van der Waals surface area contributed by atoms with Gasteiger partial charge in [-0.1, -0.05) is 39.0 Å². The van der Waals surface area contributed by atoms with Crippen LogP contribution in [0.25, 0.3) is 16.9 Å². The smallest absolute Gasteiger partial charge is 0.416 e. The second-order valence-electron chi connectivity index (χ2n) is 10.9. The van der Waals surface area contributed by atoms with E-state index in [2.05, 4.69) is 24.9 Å². The van der Waals surface area contributed by atoms with Gasteiger partial charge in [-0.2, -0.15) is 31.4 Å². The third-order valence-electron chi connectivity index (χ3n) is 6.26. The largest absolute Gasteiger partial charge is 0.491 e. The van der Waals surface area contributed by atoms with Gasteiger partial charge in [0.15, 0.2) is 23.0 Å². The van der Waals surface area contributed by atoms with E-state index in [-0.39, 0.29) is 17.0 Å². The first-order chi connectivity index (χ1) is 20.8. The molecule has 0 radical (unpaired) electrons. The van der Waals surface area contributed by atoms with E-state index < -0.39 is 52.7 Å². The number of imidazole rings is 1. The molecule has 0 aliphatic heterocycles. The summed E-state index contributed by atoms with van der Waals surface area (Å²) in [5.74, 6) is -9.60. The van der Waals surface area contributed by atoms with Gasteiger partial charge in [0.05, 0.1) is 17.5 Å². The zero-order valence-electron chi connectivity index (χ0n) is 24.3. The second-order valence-corrected chi connectivity index (χ2v) is 10.9. The minimum Gasteiger partial charge on any atom is -0.416 e. The molecule has 2 aromatic heterocycles. The standard InChI is InChI=1S/C29H25F6N5O5/c1-27(2,3)18-11-10-17(22(44-25(42)28(30,31)32)23(18)45-26(43)29(33,34)35)24(41)37-20-14-40-21(36-20)13-12-19(38-40)15-6-8-16(9-7-15)39(4)5/h6-14H,1-5H3,(H,37,41). The number of anilines is 2. The molecule has 2 aromatic carbocycles. The number of hydrogen-bond donors (Lipinski definition) is 1. The van der Waals surface area contributed by atoms with Crippen molar-refractivity contribution in [1.82, 2.24) is 14.6 Å². The first-order valence-corrected chi connectivity index (χ1v) is 13.0. The maximum atomic E-state index is 13.3. The molecule has 1 amide bonds. The number of aromatic nitrogens is 3. The number of benzene rings is 2. The number of ether oxygens (including phenoxy) is 2. The van der Waals surface area contributed by atoms with E-state index in [9.17, 15) is 40.7 Å². The quantitative estimate of drug-likeness (QED) is 0.157. The van der Waals surface area contributed by atoms with Gasteiger partial charge in [0.1, 0.15) is 0 Å². The zero-order chi connectivity index (χ0) is 33.5. The van der Waals surface area contributed by atoms with Gasteiger partial charge in [0, 0.05) is 30.9 Å². The number of nitrogens with one attached hydrogen (secondary N) is 1. The molecule has 0 unspecified atom stereocenters. The molecule has 0 atom stereocenters. The number of halogens is 6. The van der Waals surface area contributed by atoms with Crippen LogP contribution in [0.4, 0.5) is 37.8 Å². The highest BCUT2D eigenvalue weighted by molar-refractivity contribution is 6.07. The first-order valence-electron chi connectivity index (χ1n) is 13.0. The summed E-state index contributed by atoms with van der Waals surface area (Å²) in [6.07, 6.45) is -9.91. The lowest BCUT2D eigenvalue weighted by atomic mass is 9.85. The third-order valence-corrected chi connectivity index (χ3v) is 6.26. The molecule has 4 rings (SSSR count). The summed E-state index contributed by atoms with van der Waals surface area (Å²) in [5.41, 5.74) is 0.246. The highest BCUT2D eigenvalue weighted by atomic mass is 19.4. The molecule has 0 spiro atoms. The summed E-state index contributed by atoms with van der Waals surface area (Å²) in [7, 11) is 3.78. The second kappa shape index (κ2) is 11.7. The number of amides is 1. The number of fused-ring (bicyclic) bond motifs is 1. The monoisotopic (exact) mass is 637 g/mol. The number of hydrogen-bond acceptors (Lipinski definition) is 8. The van der Waals surface area contributed by atoms with Gasteiger partial charge >= 0.3 is 24.3 Å². The van der Waals surface area contributed by atoms with Crippen LogP contribution in [0, 0.1) is 0 Å². The van der Waals surface area contributed by atoms with Crippen LogP contribution in [0.2, 0.25) is 0 Å². The summed E-state index contributed by atoms with van der Waals surface area (Å²) in [6.45, 7) is 4.32. The van der Waals surface area contributed by atoms with Crippen molar-refractivity contribution >= 4 is 35.0 Å². The van der Waals surface area contributed by atoms with Crippen molar-refractivity contribution in [3.8, 4) is 22.8 Å². The predicted octanol–water partition coefficient (Wildman–Crippen LogP) is 5.95. The molecule has 0 fully saturated rings. The lowest BCUT2D eigenvalue weighted by molar-refractivity contribution is -0.191. The average molecular weight is 638 g/mol. The highest BCUT2D eigenvalue weighted by Gasteiger charge is 2.45. The molecule has 238 valence electrons. The lowest BCUT2D eigenvalue weighted by Crippen LogP contribution is -2.32. The van der Waals surface area contributed by atoms with E-state index in [4.69, 9.17) is 0 Å². The molecule has 0 aliphatic rings. The van der Waals surface area contributed by atoms with Gasteiger partial charge < -0.3 is 19.7 Å². The van der Waals surface area contributed by atoms with E-state index in [1.807, 2.05) is 43.3 Å². The molecule has 0 bridgehead atoms. The van der Waals surface area contributed by atoms with E-state index in [1.165, 1.54) is 31.5 Å². The summed E-state index contributed by atoms with van der Waals surface area (Å²) in [5, 5.41) is 6.74. The van der Waals surface area contributed by atoms with Gasteiger partial charge in [-0.15, -0.1) is 0 Å². The zero-order valence-corrected chi connectivity index (χ0v) is 24.3. The van der Waals surface area contributed by atoms with Gasteiger partial charge in [-0.05, 0) is 35.7 Å². The number of esters is 2. The van der Waals surface area contributed by atoms with E-state index >= 15 is 0 Å². The normalized spacial score (nSPS) is 12.2. The Morgan fingerprint density at radius 2 is 1.38 bits per heavy atom. The number of rotatable bonds is 6. The fraction of sp³-hybridized carbons (Fsp3) is 0.276. The minimum atomic E-state index is -5.62. The van der Waals surface area contributed by atoms with Crippen LogP contribution in [0.3, 0.4) is 0 Å². The first kappa shape index (κ1) is 32.8. The Kier molecular flexibility index (Phi) is 8.55. The molecular weight excluding hydrogens is 612 g/mol. The molecular formula is C29H25F6N5O5. The fourth-order valence-corrected chi connectivity index (χ4v) is 4.05. The van der Waals surface area contributed by atoms with Crippen molar-refractivity contribution in [2.45, 2.75) is 38.5 Å². The number of carbonyl (C=O) groups excluding carboxylic acids is 3. The minimum absolute atomic E-state index is 0.158. The Morgan fingerprint density at radius 3 is 1.91 bits per heavy atom. The highest BCUT2D eigenvalue weighted by Crippen LogP contribution is 2.43. The summed E-state index contributed by atoms with van der Waals surface area (Å²) >= 11 is 0. The van der Waals surface area contributed by atoms with Gasteiger partial charge in [0.25, 0.3) is 5.91 Å². The van der Waals surface area contributed by atoms with Crippen molar-refractivity contribution < 1.29 is 50.2 Å². The maximum absolute atomic E-state index is 13.3. The van der Waals surface area contributed by atoms with Gasteiger partial charge in [0.2, 0.25) is 0 Å². The van der Waals surface area contributed by atoms with Crippen molar-refractivity contribution in [3.63, 3.8) is 0 Å². The molecule has 4 aromatic rings. The van der Waals surface area contributed by atoms with Crippen LogP contribution in [-0.4, -0.2) is 58.9 Å². The Hall–Kier alpha value is -5.15. The Morgan fingerprint density at radius 1 is 0.800 bits per heavy atom. The average Bonchev–Trinajstić information content (AvgIpc) is 3.33. The fourth-order valence-electron chi connectivity index (χ4n) is 4.05. The summed E-state index contributed by atoms with van der Waals surface area (Å²) < 4.78 is 89.0. The summed E-state index contributed by atoms with van der Waals surface area (Å²) in [4.78, 5) is 43.0. The number of alkyl halides is 6.